The van der Waals surface area contributed by atoms with Gasteiger partial charge in [0.15, 0.2) is 0 Å². The highest BCUT2D eigenvalue weighted by Crippen LogP contribution is 2.25. The lowest BCUT2D eigenvalue weighted by atomic mass is 10.1. The van der Waals surface area contributed by atoms with Gasteiger partial charge >= 0.3 is 0 Å². The van der Waals surface area contributed by atoms with E-state index < -0.39 is 0 Å². The van der Waals surface area contributed by atoms with Crippen LogP contribution < -0.4 is 5.32 Å². The topological polar surface area (TPSA) is 29.1 Å². The molecule has 4 heteroatoms. The summed E-state index contributed by atoms with van der Waals surface area (Å²) in [7, 11) is 0. The molecule has 0 saturated carbocycles. The zero-order chi connectivity index (χ0) is 15.2. The van der Waals surface area contributed by atoms with Crippen molar-refractivity contribution < 1.29 is 4.79 Å². The molecule has 0 saturated heterocycles. The Morgan fingerprint density at radius 2 is 1.81 bits per heavy atom. The molecule has 0 unspecified atom stereocenters. The van der Waals surface area contributed by atoms with E-state index in [1.54, 1.807) is 24.3 Å². The molecule has 0 spiro atoms. The summed E-state index contributed by atoms with van der Waals surface area (Å²) < 4.78 is 0. The predicted molar refractivity (Wildman–Crippen MR) is 89.9 cm³/mol. The number of carbonyl (C=O) groups is 1. The van der Waals surface area contributed by atoms with Crippen molar-refractivity contribution in [2.45, 2.75) is 13.3 Å². The van der Waals surface area contributed by atoms with Crippen molar-refractivity contribution >= 4 is 40.9 Å². The van der Waals surface area contributed by atoms with Crippen molar-refractivity contribution in [2.75, 3.05) is 5.32 Å². The fourth-order valence-corrected chi connectivity index (χ4v) is 2.41. The molecule has 0 aliphatic rings. The summed E-state index contributed by atoms with van der Waals surface area (Å²) in [6, 6.07) is 13.0. The van der Waals surface area contributed by atoms with E-state index in [1.807, 2.05) is 24.3 Å². The largest absolute Gasteiger partial charge is 0.323 e. The molecule has 0 aromatic heterocycles. The van der Waals surface area contributed by atoms with Crippen LogP contribution in [0.3, 0.4) is 0 Å². The number of benzene rings is 2. The van der Waals surface area contributed by atoms with Crippen LogP contribution in [0.2, 0.25) is 10.0 Å². The van der Waals surface area contributed by atoms with Crippen LogP contribution in [0.5, 0.6) is 0 Å². The van der Waals surface area contributed by atoms with E-state index in [-0.39, 0.29) is 5.91 Å². The number of rotatable bonds is 4. The van der Waals surface area contributed by atoms with Gasteiger partial charge in [-0.05, 0) is 42.3 Å². The van der Waals surface area contributed by atoms with Gasteiger partial charge in [-0.1, -0.05) is 48.3 Å². The fraction of sp³-hybridized carbons (Fsp3) is 0.118. The van der Waals surface area contributed by atoms with Gasteiger partial charge in [0.05, 0.1) is 0 Å². The van der Waals surface area contributed by atoms with Crippen LogP contribution in [0, 0.1) is 0 Å². The molecule has 0 heterocycles. The van der Waals surface area contributed by atoms with Crippen LogP contribution in [-0.4, -0.2) is 5.91 Å². The minimum absolute atomic E-state index is 0.223. The lowest BCUT2D eigenvalue weighted by molar-refractivity contribution is -0.111. The lowest BCUT2D eigenvalue weighted by Gasteiger charge is -2.04. The molecule has 108 valence electrons. The first kappa shape index (κ1) is 15.6. The number of anilines is 1. The average molecular weight is 320 g/mol. The van der Waals surface area contributed by atoms with E-state index in [9.17, 15) is 4.79 Å². The molecule has 21 heavy (non-hydrogen) atoms. The minimum Gasteiger partial charge on any atom is -0.323 e. The van der Waals surface area contributed by atoms with E-state index in [4.69, 9.17) is 23.2 Å². The molecule has 0 aliphatic carbocycles. The maximum atomic E-state index is 11.9. The quantitative estimate of drug-likeness (QED) is 0.770. The summed E-state index contributed by atoms with van der Waals surface area (Å²) >= 11 is 12.1. The highest BCUT2D eigenvalue weighted by Gasteiger charge is 2.03. The molecule has 0 aliphatic heterocycles. The standard InChI is InChI=1S/C17H15Cl2NO/c1-2-12-5-3-6-13(11-12)20-17(21)10-9-14-15(18)7-4-8-16(14)19/h3-11H,2H2,1H3,(H,20,21)/b10-9+. The molecule has 1 N–H and O–H groups in total. The summed E-state index contributed by atoms with van der Waals surface area (Å²) in [6.45, 7) is 2.07. The van der Waals surface area contributed by atoms with Crippen molar-refractivity contribution in [3.63, 3.8) is 0 Å². The molecule has 0 radical (unpaired) electrons. The first-order valence-corrected chi connectivity index (χ1v) is 7.37. The number of amides is 1. The molecular formula is C17H15Cl2NO. The van der Waals surface area contributed by atoms with Gasteiger partial charge in [0.1, 0.15) is 0 Å². The van der Waals surface area contributed by atoms with Crippen molar-refractivity contribution in [1.29, 1.82) is 0 Å². The van der Waals surface area contributed by atoms with Gasteiger partial charge in [-0.3, -0.25) is 4.79 Å². The molecule has 2 rings (SSSR count). The number of halogens is 2. The van der Waals surface area contributed by atoms with Crippen LogP contribution >= 0.6 is 23.2 Å². The summed E-state index contributed by atoms with van der Waals surface area (Å²) in [4.78, 5) is 11.9. The minimum atomic E-state index is -0.223. The van der Waals surface area contributed by atoms with E-state index in [0.29, 0.717) is 15.6 Å². The van der Waals surface area contributed by atoms with Gasteiger partial charge < -0.3 is 5.32 Å². The molecule has 1 amide bonds. The average Bonchev–Trinajstić information content (AvgIpc) is 2.47. The number of nitrogens with one attached hydrogen (secondary N) is 1. The van der Waals surface area contributed by atoms with Crippen molar-refractivity contribution in [3.8, 4) is 0 Å². The fourth-order valence-electron chi connectivity index (χ4n) is 1.88. The zero-order valence-corrected chi connectivity index (χ0v) is 13.1. The number of aryl methyl sites for hydroxylation is 1. The number of carbonyl (C=O) groups excluding carboxylic acids is 1. The van der Waals surface area contributed by atoms with Crippen LogP contribution in [0.1, 0.15) is 18.1 Å². The maximum absolute atomic E-state index is 11.9. The molecule has 2 aromatic rings. The van der Waals surface area contributed by atoms with Gasteiger partial charge in [-0.15, -0.1) is 0 Å². The summed E-state index contributed by atoms with van der Waals surface area (Å²) in [5.41, 5.74) is 2.58. The Morgan fingerprint density at radius 1 is 1.14 bits per heavy atom. The van der Waals surface area contributed by atoms with Crippen molar-refractivity contribution in [1.82, 2.24) is 0 Å². The van der Waals surface area contributed by atoms with Crippen LogP contribution in [0.25, 0.3) is 6.08 Å². The Kier molecular flexibility index (Phi) is 5.43. The monoisotopic (exact) mass is 319 g/mol. The second-order valence-corrected chi connectivity index (χ2v) is 5.33. The van der Waals surface area contributed by atoms with E-state index in [1.165, 1.54) is 11.6 Å². The van der Waals surface area contributed by atoms with E-state index in [2.05, 4.69) is 12.2 Å². The van der Waals surface area contributed by atoms with Crippen molar-refractivity contribution in [2.24, 2.45) is 0 Å². The first-order chi connectivity index (χ1) is 10.1. The van der Waals surface area contributed by atoms with Gasteiger partial charge in [0, 0.05) is 27.4 Å². The molecular weight excluding hydrogens is 305 g/mol. The van der Waals surface area contributed by atoms with E-state index in [0.717, 1.165) is 12.1 Å². The Bertz CT molecular complexity index is 660. The van der Waals surface area contributed by atoms with Gasteiger partial charge in [-0.25, -0.2) is 0 Å². The Labute approximate surface area is 134 Å². The SMILES string of the molecule is CCc1cccc(NC(=O)/C=C/c2c(Cl)cccc2Cl)c1. The molecule has 0 atom stereocenters. The maximum Gasteiger partial charge on any atom is 0.248 e. The summed E-state index contributed by atoms with van der Waals surface area (Å²) in [5.74, 6) is -0.223. The Hall–Kier alpha value is -1.77. The summed E-state index contributed by atoms with van der Waals surface area (Å²) in [6.07, 6.45) is 3.96. The normalized spacial score (nSPS) is 10.8. The summed E-state index contributed by atoms with van der Waals surface area (Å²) in [5, 5.41) is 3.84. The third kappa shape index (κ3) is 4.35. The van der Waals surface area contributed by atoms with Crippen LogP contribution in [0.15, 0.2) is 48.5 Å². The van der Waals surface area contributed by atoms with Gasteiger partial charge in [-0.2, -0.15) is 0 Å². The smallest absolute Gasteiger partial charge is 0.248 e. The molecule has 2 nitrogen and oxygen atoms in total. The second kappa shape index (κ2) is 7.30. The highest BCUT2D eigenvalue weighted by molar-refractivity contribution is 6.37. The first-order valence-electron chi connectivity index (χ1n) is 6.62. The molecule has 0 fully saturated rings. The Balaban J connectivity index is 2.09. The lowest BCUT2D eigenvalue weighted by Crippen LogP contribution is -2.07. The third-order valence-electron chi connectivity index (χ3n) is 3.00. The van der Waals surface area contributed by atoms with Crippen LogP contribution in [0.4, 0.5) is 5.69 Å². The predicted octanol–water partition coefficient (Wildman–Crippen LogP) is 5.21. The van der Waals surface area contributed by atoms with Crippen molar-refractivity contribution in [3.05, 3.63) is 69.7 Å². The highest BCUT2D eigenvalue weighted by atomic mass is 35.5. The van der Waals surface area contributed by atoms with Gasteiger partial charge in [0.25, 0.3) is 0 Å². The van der Waals surface area contributed by atoms with Gasteiger partial charge in [0.2, 0.25) is 5.91 Å². The number of hydrogen-bond acceptors (Lipinski definition) is 1. The van der Waals surface area contributed by atoms with Crippen LogP contribution in [-0.2, 0) is 11.2 Å². The zero-order valence-electron chi connectivity index (χ0n) is 11.6. The Morgan fingerprint density at radius 3 is 2.48 bits per heavy atom. The number of hydrogen-bond donors (Lipinski definition) is 1. The molecule has 2 aromatic carbocycles. The third-order valence-corrected chi connectivity index (χ3v) is 3.66. The van der Waals surface area contributed by atoms with E-state index >= 15 is 0 Å². The second-order valence-electron chi connectivity index (χ2n) is 4.51. The molecule has 0 bridgehead atoms.